The average molecular weight is 895 g/mol. The molecule has 1 unspecified atom stereocenters. The molecule has 0 aromatic heterocycles. The van der Waals surface area contributed by atoms with Gasteiger partial charge in [-0.2, -0.15) is 0 Å². The maximum atomic E-state index is 12.8. The zero-order valence-electron chi connectivity index (χ0n) is 42.3. The minimum absolute atomic E-state index is 0.0927. The smallest absolute Gasteiger partial charge is 0.306 e. The molecule has 0 aromatic carbocycles. The first kappa shape index (κ1) is 61.1. The fourth-order valence-electron chi connectivity index (χ4n) is 7.64. The van der Waals surface area contributed by atoms with Gasteiger partial charge in [0, 0.05) is 19.3 Å². The largest absolute Gasteiger partial charge is 0.462 e. The van der Waals surface area contributed by atoms with Gasteiger partial charge in [-0.3, -0.25) is 14.4 Å². The minimum atomic E-state index is -0.796. The number of rotatable bonds is 49. The van der Waals surface area contributed by atoms with Crippen LogP contribution in [0, 0.1) is 0 Å². The summed E-state index contributed by atoms with van der Waals surface area (Å²) >= 11 is 0. The summed E-state index contributed by atoms with van der Waals surface area (Å²) in [6.45, 7) is 6.48. The molecule has 6 heteroatoms. The quantitative estimate of drug-likeness (QED) is 0.0199. The van der Waals surface area contributed by atoms with Gasteiger partial charge in [0.05, 0.1) is 0 Å². The topological polar surface area (TPSA) is 78.9 Å². The third kappa shape index (κ3) is 50.1. The van der Waals surface area contributed by atoms with Crippen LogP contribution in [0.5, 0.6) is 0 Å². The van der Waals surface area contributed by atoms with Crippen LogP contribution in [0.2, 0.25) is 0 Å². The first-order valence-electron chi connectivity index (χ1n) is 27.3. The Hall–Kier alpha value is -2.89. The second-order valence-corrected chi connectivity index (χ2v) is 18.1. The molecular formula is C58H102O6. The Kier molecular flexibility index (Phi) is 50.4. The fraction of sp³-hybridized carbons (Fsp3) is 0.776. The highest BCUT2D eigenvalue weighted by molar-refractivity contribution is 5.71. The van der Waals surface area contributed by atoms with Crippen LogP contribution >= 0.6 is 0 Å². The van der Waals surface area contributed by atoms with Gasteiger partial charge in [0.25, 0.3) is 0 Å². The van der Waals surface area contributed by atoms with E-state index in [-0.39, 0.29) is 31.1 Å². The van der Waals surface area contributed by atoms with Gasteiger partial charge in [-0.15, -0.1) is 0 Å². The maximum Gasteiger partial charge on any atom is 0.306 e. The molecule has 0 rings (SSSR count). The molecule has 0 heterocycles. The van der Waals surface area contributed by atoms with Gasteiger partial charge in [0.15, 0.2) is 6.10 Å². The molecule has 0 fully saturated rings. The van der Waals surface area contributed by atoms with Crippen molar-refractivity contribution in [2.24, 2.45) is 0 Å². The lowest BCUT2D eigenvalue weighted by atomic mass is 10.1. The number of unbranched alkanes of at least 4 members (excludes halogenated alkanes) is 29. The van der Waals surface area contributed by atoms with E-state index in [9.17, 15) is 14.4 Å². The molecule has 0 saturated carbocycles. The molecule has 0 N–H and O–H groups in total. The van der Waals surface area contributed by atoms with E-state index in [1.807, 2.05) is 0 Å². The normalized spacial score (nSPS) is 12.5. The van der Waals surface area contributed by atoms with Crippen LogP contribution in [0.4, 0.5) is 0 Å². The lowest BCUT2D eigenvalue weighted by molar-refractivity contribution is -0.167. The van der Waals surface area contributed by atoms with Crippen molar-refractivity contribution in [3.8, 4) is 0 Å². The zero-order valence-corrected chi connectivity index (χ0v) is 42.3. The van der Waals surface area contributed by atoms with Crippen LogP contribution in [0.25, 0.3) is 0 Å². The Morgan fingerprint density at radius 1 is 0.344 bits per heavy atom. The monoisotopic (exact) mass is 895 g/mol. The predicted molar refractivity (Wildman–Crippen MR) is 275 cm³/mol. The first-order valence-corrected chi connectivity index (χ1v) is 27.3. The summed E-state index contributed by atoms with van der Waals surface area (Å²) in [5, 5.41) is 0. The number of ether oxygens (including phenoxy) is 3. The molecule has 0 aliphatic carbocycles. The van der Waals surface area contributed by atoms with Crippen molar-refractivity contribution in [1.82, 2.24) is 0 Å². The van der Waals surface area contributed by atoms with Crippen molar-refractivity contribution < 1.29 is 28.6 Å². The van der Waals surface area contributed by atoms with Crippen LogP contribution in [-0.2, 0) is 28.6 Å². The molecule has 0 amide bonds. The van der Waals surface area contributed by atoms with Crippen molar-refractivity contribution in [2.75, 3.05) is 13.2 Å². The maximum absolute atomic E-state index is 12.8. The van der Waals surface area contributed by atoms with Crippen LogP contribution in [0.1, 0.15) is 271 Å². The molecule has 370 valence electrons. The van der Waals surface area contributed by atoms with Crippen molar-refractivity contribution in [1.29, 1.82) is 0 Å². The van der Waals surface area contributed by atoms with Crippen molar-refractivity contribution in [3.63, 3.8) is 0 Å². The lowest BCUT2D eigenvalue weighted by Crippen LogP contribution is -2.30. The second-order valence-electron chi connectivity index (χ2n) is 18.1. The van der Waals surface area contributed by atoms with E-state index in [0.29, 0.717) is 19.3 Å². The zero-order chi connectivity index (χ0) is 46.5. The van der Waals surface area contributed by atoms with Gasteiger partial charge in [-0.25, -0.2) is 0 Å². The van der Waals surface area contributed by atoms with E-state index in [0.717, 1.165) is 89.9 Å². The number of hydrogen-bond donors (Lipinski definition) is 0. The average Bonchev–Trinajstić information content (AvgIpc) is 3.29. The first-order chi connectivity index (χ1) is 31.5. The third-order valence-corrected chi connectivity index (χ3v) is 11.8. The van der Waals surface area contributed by atoms with Crippen LogP contribution in [0.15, 0.2) is 60.8 Å². The minimum Gasteiger partial charge on any atom is -0.462 e. The number of esters is 3. The summed E-state index contributed by atoms with van der Waals surface area (Å²) < 4.78 is 16.7. The van der Waals surface area contributed by atoms with E-state index in [1.165, 1.54) is 141 Å². The van der Waals surface area contributed by atoms with E-state index in [4.69, 9.17) is 14.2 Å². The predicted octanol–water partition coefficient (Wildman–Crippen LogP) is 18.0. The molecule has 64 heavy (non-hydrogen) atoms. The molecule has 6 nitrogen and oxygen atoms in total. The highest BCUT2D eigenvalue weighted by Crippen LogP contribution is 2.15. The molecule has 1 atom stereocenters. The van der Waals surface area contributed by atoms with E-state index < -0.39 is 6.10 Å². The van der Waals surface area contributed by atoms with E-state index >= 15 is 0 Å². The number of allylic oxidation sites excluding steroid dienone is 10. The molecule has 0 aromatic rings. The summed E-state index contributed by atoms with van der Waals surface area (Å²) in [6, 6.07) is 0. The molecule has 0 bridgehead atoms. The molecule has 0 saturated heterocycles. The molecule has 0 aliphatic rings. The van der Waals surface area contributed by atoms with Crippen molar-refractivity contribution >= 4 is 17.9 Å². The van der Waals surface area contributed by atoms with Crippen LogP contribution in [0.3, 0.4) is 0 Å². The van der Waals surface area contributed by atoms with Gasteiger partial charge >= 0.3 is 17.9 Å². The van der Waals surface area contributed by atoms with E-state index in [1.54, 1.807) is 0 Å². The fourth-order valence-corrected chi connectivity index (χ4v) is 7.64. The second kappa shape index (κ2) is 52.7. The standard InChI is InChI=1S/C58H102O6/c1-4-7-10-13-16-19-21-23-25-27-29-31-32-34-36-39-42-45-48-51-57(60)63-54-55(53-62-56(59)50-47-44-41-38-18-15-12-9-6-3)64-58(61)52-49-46-43-40-37-35-33-30-28-26-24-22-20-17-14-11-8-5-2/h9,12,18,26-30,33,38,55H,4-8,10-11,13-17,19-25,31-32,34-37,39-54H2,1-3H3/b12-9-,28-26-,29-27-,33-30-,38-18-. The van der Waals surface area contributed by atoms with Crippen molar-refractivity contribution in [3.05, 3.63) is 60.8 Å². The number of hydrogen-bond acceptors (Lipinski definition) is 6. The Morgan fingerprint density at radius 3 is 1.08 bits per heavy atom. The van der Waals surface area contributed by atoms with Gasteiger partial charge in [0.1, 0.15) is 13.2 Å². The summed E-state index contributed by atoms with van der Waals surface area (Å²) in [6.07, 6.45) is 65.1. The molecular weight excluding hydrogens is 793 g/mol. The lowest BCUT2D eigenvalue weighted by Gasteiger charge is -2.18. The summed E-state index contributed by atoms with van der Waals surface area (Å²) in [4.78, 5) is 37.9. The van der Waals surface area contributed by atoms with Crippen molar-refractivity contribution in [2.45, 2.75) is 277 Å². The number of carbonyl (C=O) groups excluding carboxylic acids is 3. The van der Waals surface area contributed by atoms with E-state index in [2.05, 4.69) is 81.5 Å². The Labute approximate surface area is 396 Å². The van der Waals surface area contributed by atoms with Crippen LogP contribution in [-0.4, -0.2) is 37.2 Å². The van der Waals surface area contributed by atoms with Gasteiger partial charge in [-0.05, 0) is 96.3 Å². The van der Waals surface area contributed by atoms with Gasteiger partial charge in [0.2, 0.25) is 0 Å². The molecule has 0 spiro atoms. The highest BCUT2D eigenvalue weighted by atomic mass is 16.6. The number of carbonyl (C=O) groups is 3. The van der Waals surface area contributed by atoms with Crippen LogP contribution < -0.4 is 0 Å². The third-order valence-electron chi connectivity index (χ3n) is 11.8. The summed E-state index contributed by atoms with van der Waals surface area (Å²) in [5.74, 6) is -0.945. The Morgan fingerprint density at radius 2 is 0.656 bits per heavy atom. The summed E-state index contributed by atoms with van der Waals surface area (Å²) in [5.41, 5.74) is 0. The Balaban J connectivity index is 4.33. The molecule has 0 radical (unpaired) electrons. The summed E-state index contributed by atoms with van der Waals surface area (Å²) in [7, 11) is 0. The Bertz CT molecular complexity index is 1170. The molecule has 0 aliphatic heterocycles. The van der Waals surface area contributed by atoms with Gasteiger partial charge in [-0.1, -0.05) is 216 Å². The highest BCUT2D eigenvalue weighted by Gasteiger charge is 2.19. The van der Waals surface area contributed by atoms with Gasteiger partial charge < -0.3 is 14.2 Å². The SMILES string of the molecule is CC/C=C\C/C=C\CCCCC(=O)OCC(COC(=O)CCCCCCCCC/C=C\CCCCCCCCCC)OC(=O)CCCCCCC/C=C\C=C/CCCCCCCCC.